The fraction of sp³-hybridized carbons (Fsp3) is 0.562. The number of hydrogen-bond donors (Lipinski definition) is 1. The molecule has 122 valence electrons. The van der Waals surface area contributed by atoms with Gasteiger partial charge in [-0.05, 0) is 33.1 Å². The SMILES string of the molecule is Cc1cn2c(CNC[C@H]3CCc4nnc(C)n4C3)c(C)nc2s1. The average molecular weight is 330 g/mol. The molecule has 4 heterocycles. The molecule has 0 saturated heterocycles. The predicted octanol–water partition coefficient (Wildman–Crippen LogP) is 2.26. The number of hydrogen-bond acceptors (Lipinski definition) is 5. The van der Waals surface area contributed by atoms with Gasteiger partial charge in [0.2, 0.25) is 0 Å². The van der Waals surface area contributed by atoms with Gasteiger partial charge >= 0.3 is 0 Å². The highest BCUT2D eigenvalue weighted by Crippen LogP contribution is 2.22. The molecule has 3 aromatic rings. The van der Waals surface area contributed by atoms with Gasteiger partial charge in [-0.15, -0.1) is 21.5 Å². The van der Waals surface area contributed by atoms with Crippen LogP contribution in [0.2, 0.25) is 0 Å². The van der Waals surface area contributed by atoms with E-state index in [0.29, 0.717) is 5.92 Å². The highest BCUT2D eigenvalue weighted by molar-refractivity contribution is 7.17. The third-order valence-electron chi connectivity index (χ3n) is 4.70. The summed E-state index contributed by atoms with van der Waals surface area (Å²) >= 11 is 1.75. The lowest BCUT2D eigenvalue weighted by Gasteiger charge is -2.24. The number of nitrogens with one attached hydrogen (secondary N) is 1. The van der Waals surface area contributed by atoms with Crippen LogP contribution >= 0.6 is 11.3 Å². The summed E-state index contributed by atoms with van der Waals surface area (Å²) in [5.41, 5.74) is 2.41. The van der Waals surface area contributed by atoms with Crippen molar-refractivity contribution >= 4 is 16.3 Å². The van der Waals surface area contributed by atoms with Crippen LogP contribution in [-0.4, -0.2) is 30.7 Å². The number of rotatable bonds is 4. The molecule has 0 fully saturated rings. The quantitative estimate of drug-likeness (QED) is 0.797. The fourth-order valence-electron chi connectivity index (χ4n) is 3.41. The first kappa shape index (κ1) is 14.8. The van der Waals surface area contributed by atoms with Gasteiger partial charge in [0.1, 0.15) is 11.6 Å². The summed E-state index contributed by atoms with van der Waals surface area (Å²) in [5.74, 6) is 2.82. The Labute approximate surface area is 139 Å². The van der Waals surface area contributed by atoms with Gasteiger partial charge < -0.3 is 9.88 Å². The van der Waals surface area contributed by atoms with Gasteiger partial charge in [-0.3, -0.25) is 4.40 Å². The highest BCUT2D eigenvalue weighted by Gasteiger charge is 2.21. The summed E-state index contributed by atoms with van der Waals surface area (Å²) in [6.45, 7) is 9.18. The molecule has 0 bridgehead atoms. The normalized spacial score (nSPS) is 17.8. The van der Waals surface area contributed by atoms with Crippen LogP contribution in [0, 0.1) is 26.7 Å². The maximum atomic E-state index is 4.65. The van der Waals surface area contributed by atoms with Crippen LogP contribution in [0.3, 0.4) is 0 Å². The highest BCUT2D eigenvalue weighted by atomic mass is 32.1. The molecule has 0 spiro atoms. The van der Waals surface area contributed by atoms with E-state index in [1.807, 2.05) is 6.92 Å². The minimum Gasteiger partial charge on any atom is -0.315 e. The van der Waals surface area contributed by atoms with E-state index in [1.165, 1.54) is 17.0 Å². The first-order valence-corrected chi connectivity index (χ1v) is 8.97. The Morgan fingerprint density at radius 1 is 1.30 bits per heavy atom. The number of thiazole rings is 1. The van der Waals surface area contributed by atoms with Crippen molar-refractivity contribution in [3.05, 3.63) is 34.1 Å². The zero-order valence-corrected chi connectivity index (χ0v) is 14.7. The molecular formula is C16H22N6S. The van der Waals surface area contributed by atoms with Crippen molar-refractivity contribution in [1.29, 1.82) is 0 Å². The molecule has 6 nitrogen and oxygen atoms in total. The van der Waals surface area contributed by atoms with Crippen molar-refractivity contribution in [1.82, 2.24) is 29.5 Å². The molecule has 7 heteroatoms. The second-order valence-electron chi connectivity index (χ2n) is 6.45. The summed E-state index contributed by atoms with van der Waals surface area (Å²) in [6.07, 6.45) is 4.40. The van der Waals surface area contributed by atoms with Gasteiger partial charge in [0.05, 0.1) is 11.4 Å². The maximum Gasteiger partial charge on any atom is 0.194 e. The summed E-state index contributed by atoms with van der Waals surface area (Å²) < 4.78 is 4.49. The maximum absolute atomic E-state index is 4.65. The van der Waals surface area contributed by atoms with E-state index in [-0.39, 0.29) is 0 Å². The first-order chi connectivity index (χ1) is 11.1. The zero-order chi connectivity index (χ0) is 16.0. The van der Waals surface area contributed by atoms with Crippen molar-refractivity contribution < 1.29 is 0 Å². The van der Waals surface area contributed by atoms with E-state index >= 15 is 0 Å². The molecular weight excluding hydrogens is 308 g/mol. The van der Waals surface area contributed by atoms with Crippen LogP contribution in [0.15, 0.2) is 6.20 Å². The van der Waals surface area contributed by atoms with Crippen LogP contribution in [0.5, 0.6) is 0 Å². The van der Waals surface area contributed by atoms with Crippen LogP contribution in [-0.2, 0) is 19.5 Å². The molecule has 3 aromatic heterocycles. The number of imidazole rings is 1. The topological polar surface area (TPSA) is 60.0 Å². The van der Waals surface area contributed by atoms with Gasteiger partial charge in [-0.25, -0.2) is 4.98 Å². The van der Waals surface area contributed by atoms with E-state index in [2.05, 4.69) is 49.5 Å². The monoisotopic (exact) mass is 330 g/mol. The van der Waals surface area contributed by atoms with Crippen LogP contribution in [0.4, 0.5) is 0 Å². The van der Waals surface area contributed by atoms with Crippen molar-refractivity contribution in [2.75, 3.05) is 6.54 Å². The predicted molar refractivity (Wildman–Crippen MR) is 90.8 cm³/mol. The molecule has 0 amide bonds. The Balaban J connectivity index is 1.40. The molecule has 0 aromatic carbocycles. The van der Waals surface area contributed by atoms with Gasteiger partial charge in [0.25, 0.3) is 0 Å². The van der Waals surface area contributed by atoms with Crippen molar-refractivity contribution in [2.45, 2.75) is 46.7 Å². The lowest BCUT2D eigenvalue weighted by atomic mass is 9.99. The molecule has 1 aliphatic heterocycles. The Morgan fingerprint density at radius 2 is 2.17 bits per heavy atom. The van der Waals surface area contributed by atoms with Gasteiger partial charge in [-0.2, -0.15) is 0 Å². The van der Waals surface area contributed by atoms with E-state index in [1.54, 1.807) is 11.3 Å². The lowest BCUT2D eigenvalue weighted by Crippen LogP contribution is -2.30. The van der Waals surface area contributed by atoms with Crippen molar-refractivity contribution in [3.8, 4) is 0 Å². The summed E-state index contributed by atoms with van der Waals surface area (Å²) in [7, 11) is 0. The molecule has 1 aliphatic rings. The molecule has 0 unspecified atom stereocenters. The van der Waals surface area contributed by atoms with Gasteiger partial charge in [0.15, 0.2) is 4.96 Å². The number of fused-ring (bicyclic) bond motifs is 2. The average Bonchev–Trinajstić information content (AvgIpc) is 3.14. The number of nitrogens with zero attached hydrogens (tertiary/aromatic N) is 5. The summed E-state index contributed by atoms with van der Waals surface area (Å²) in [6, 6.07) is 0. The van der Waals surface area contributed by atoms with Crippen LogP contribution in [0.1, 0.15) is 34.3 Å². The molecule has 0 saturated carbocycles. The smallest absolute Gasteiger partial charge is 0.194 e. The Kier molecular flexibility index (Phi) is 3.69. The van der Waals surface area contributed by atoms with Gasteiger partial charge in [-0.1, -0.05) is 0 Å². The molecule has 1 atom stereocenters. The summed E-state index contributed by atoms with van der Waals surface area (Å²) in [4.78, 5) is 7.05. The fourth-order valence-corrected chi connectivity index (χ4v) is 4.30. The standard InChI is InChI=1S/C16H22N6S/c1-10-8-22-14(11(2)18-16(22)23-10)7-17-6-13-4-5-15-20-19-12(3)21(15)9-13/h8,13,17H,4-7,9H2,1-3H3/t13-/m1/s1. The molecule has 4 rings (SSSR count). The van der Waals surface area contributed by atoms with Crippen molar-refractivity contribution in [2.24, 2.45) is 5.92 Å². The third kappa shape index (κ3) is 2.68. The largest absolute Gasteiger partial charge is 0.315 e. The van der Waals surface area contributed by atoms with Gasteiger partial charge in [0, 0.05) is 37.1 Å². The molecule has 0 radical (unpaired) electrons. The zero-order valence-electron chi connectivity index (χ0n) is 13.8. The van der Waals surface area contributed by atoms with E-state index in [0.717, 1.165) is 48.4 Å². The first-order valence-electron chi connectivity index (χ1n) is 8.15. The Morgan fingerprint density at radius 3 is 3.04 bits per heavy atom. The van der Waals surface area contributed by atoms with E-state index in [9.17, 15) is 0 Å². The van der Waals surface area contributed by atoms with E-state index in [4.69, 9.17) is 0 Å². The lowest BCUT2D eigenvalue weighted by molar-refractivity contribution is 0.343. The van der Waals surface area contributed by atoms with Crippen LogP contribution in [0.25, 0.3) is 4.96 Å². The number of aryl methyl sites for hydroxylation is 4. The Hall–Kier alpha value is -1.73. The van der Waals surface area contributed by atoms with Crippen molar-refractivity contribution in [3.63, 3.8) is 0 Å². The molecule has 1 N–H and O–H groups in total. The number of aromatic nitrogens is 5. The van der Waals surface area contributed by atoms with E-state index < -0.39 is 0 Å². The molecule has 23 heavy (non-hydrogen) atoms. The second kappa shape index (κ2) is 5.72. The second-order valence-corrected chi connectivity index (χ2v) is 7.66. The third-order valence-corrected chi connectivity index (χ3v) is 5.59. The molecule has 0 aliphatic carbocycles. The minimum absolute atomic E-state index is 0.644. The summed E-state index contributed by atoms with van der Waals surface area (Å²) in [5, 5.41) is 12.1. The van der Waals surface area contributed by atoms with Crippen LogP contribution < -0.4 is 5.32 Å². The Bertz CT molecular complexity index is 842. The minimum atomic E-state index is 0.644.